The lowest BCUT2D eigenvalue weighted by atomic mass is 10.0. The number of hydrogen-bond acceptors (Lipinski definition) is 4. The van der Waals surface area contributed by atoms with Gasteiger partial charge in [-0.15, -0.1) is 0 Å². The third kappa shape index (κ3) is 3.96. The van der Waals surface area contributed by atoms with Gasteiger partial charge in [-0.3, -0.25) is 4.79 Å². The van der Waals surface area contributed by atoms with Crippen LogP contribution >= 0.6 is 0 Å². The summed E-state index contributed by atoms with van der Waals surface area (Å²) in [7, 11) is 3.93. The van der Waals surface area contributed by atoms with Crippen molar-refractivity contribution in [1.82, 2.24) is 9.80 Å². The minimum atomic E-state index is -0.0442. The Morgan fingerprint density at radius 3 is 2.76 bits per heavy atom. The highest BCUT2D eigenvalue weighted by atomic mass is 16.5. The molecule has 1 aliphatic heterocycles. The van der Waals surface area contributed by atoms with Crippen LogP contribution in [0.5, 0.6) is 5.75 Å². The van der Waals surface area contributed by atoms with Crippen LogP contribution in [-0.2, 0) is 4.79 Å². The fourth-order valence-corrected chi connectivity index (χ4v) is 2.51. The van der Waals surface area contributed by atoms with Gasteiger partial charge in [0.05, 0.1) is 5.56 Å². The summed E-state index contributed by atoms with van der Waals surface area (Å²) in [6, 6.07) is 9.30. The smallest absolute Gasteiger partial charge is 0.260 e. The lowest BCUT2D eigenvalue weighted by Gasteiger charge is -2.35. The molecule has 5 heteroatoms. The number of hydrogen-bond donors (Lipinski definition) is 0. The minimum Gasteiger partial charge on any atom is -0.482 e. The number of carbonyl (C=O) groups is 1. The number of para-hydroxylation sites is 1. The fourth-order valence-electron chi connectivity index (χ4n) is 2.51. The molecule has 0 aliphatic carbocycles. The Kier molecular flexibility index (Phi) is 5.18. The summed E-state index contributed by atoms with van der Waals surface area (Å²) >= 11 is 0. The van der Waals surface area contributed by atoms with Gasteiger partial charge in [-0.25, -0.2) is 0 Å². The van der Waals surface area contributed by atoms with Crippen molar-refractivity contribution in [2.75, 3.05) is 33.8 Å². The molecule has 1 saturated heterocycles. The molecule has 21 heavy (non-hydrogen) atoms. The third-order valence-corrected chi connectivity index (χ3v) is 3.99. The van der Waals surface area contributed by atoms with Crippen molar-refractivity contribution >= 4 is 5.91 Å². The van der Waals surface area contributed by atoms with Gasteiger partial charge in [-0.2, -0.15) is 5.26 Å². The lowest BCUT2D eigenvalue weighted by molar-refractivity contribution is -0.135. The van der Waals surface area contributed by atoms with Gasteiger partial charge in [0, 0.05) is 13.1 Å². The number of amides is 1. The van der Waals surface area contributed by atoms with Gasteiger partial charge in [0.15, 0.2) is 6.61 Å². The van der Waals surface area contributed by atoms with Crippen molar-refractivity contribution in [3.63, 3.8) is 0 Å². The van der Waals surface area contributed by atoms with E-state index in [1.807, 2.05) is 7.05 Å². The highest BCUT2D eigenvalue weighted by molar-refractivity contribution is 5.78. The Labute approximate surface area is 125 Å². The number of piperidine rings is 1. The average Bonchev–Trinajstić information content (AvgIpc) is 2.52. The van der Waals surface area contributed by atoms with E-state index >= 15 is 0 Å². The number of rotatable bonds is 4. The number of carbonyl (C=O) groups excluding carboxylic acids is 1. The van der Waals surface area contributed by atoms with Gasteiger partial charge >= 0.3 is 0 Å². The van der Waals surface area contributed by atoms with E-state index in [0.29, 0.717) is 11.3 Å². The highest BCUT2D eigenvalue weighted by Gasteiger charge is 2.24. The number of nitrogens with zero attached hydrogens (tertiary/aromatic N) is 3. The molecule has 1 fully saturated rings. The predicted octanol–water partition coefficient (Wildman–Crippen LogP) is 1.49. The lowest BCUT2D eigenvalue weighted by Crippen LogP contribution is -2.45. The summed E-state index contributed by atoms with van der Waals surface area (Å²) in [5.41, 5.74) is 0.451. The van der Waals surface area contributed by atoms with Crippen LogP contribution in [0.3, 0.4) is 0 Å². The maximum Gasteiger partial charge on any atom is 0.260 e. The molecule has 0 atom stereocenters. The Morgan fingerprint density at radius 2 is 2.10 bits per heavy atom. The van der Waals surface area contributed by atoms with Crippen molar-refractivity contribution in [2.24, 2.45) is 0 Å². The van der Waals surface area contributed by atoms with E-state index in [2.05, 4.69) is 18.0 Å². The molecule has 1 heterocycles. The van der Waals surface area contributed by atoms with E-state index in [4.69, 9.17) is 10.00 Å². The summed E-state index contributed by atoms with van der Waals surface area (Å²) < 4.78 is 5.50. The van der Waals surface area contributed by atoms with Crippen LogP contribution in [0.4, 0.5) is 0 Å². The first kappa shape index (κ1) is 15.3. The SMILES string of the molecule is CN1CCC(N(C)C(=O)COc2ccccc2C#N)CC1. The highest BCUT2D eigenvalue weighted by Crippen LogP contribution is 2.18. The van der Waals surface area contributed by atoms with Crippen LogP contribution in [0, 0.1) is 11.3 Å². The molecule has 0 saturated carbocycles. The van der Waals surface area contributed by atoms with Gasteiger partial charge in [-0.1, -0.05) is 12.1 Å². The van der Waals surface area contributed by atoms with Crippen LogP contribution < -0.4 is 4.74 Å². The zero-order valence-corrected chi connectivity index (χ0v) is 12.6. The Bertz CT molecular complexity index is 531. The molecule has 0 radical (unpaired) electrons. The topological polar surface area (TPSA) is 56.6 Å². The van der Waals surface area contributed by atoms with Gasteiger partial charge in [0.2, 0.25) is 0 Å². The van der Waals surface area contributed by atoms with Crippen LogP contribution in [0.2, 0.25) is 0 Å². The molecule has 1 aliphatic rings. The summed E-state index contributed by atoms with van der Waals surface area (Å²) in [4.78, 5) is 16.3. The van der Waals surface area contributed by atoms with E-state index in [1.54, 1.807) is 29.2 Å². The molecule has 1 aromatic rings. The molecule has 0 spiro atoms. The molecule has 1 amide bonds. The second-order valence-corrected chi connectivity index (χ2v) is 5.44. The first-order valence-electron chi connectivity index (χ1n) is 7.18. The molecule has 5 nitrogen and oxygen atoms in total. The molecular formula is C16H21N3O2. The van der Waals surface area contributed by atoms with Crippen molar-refractivity contribution in [1.29, 1.82) is 5.26 Å². The van der Waals surface area contributed by atoms with Crippen LogP contribution in [-0.4, -0.2) is 55.5 Å². The Balaban J connectivity index is 1.88. The van der Waals surface area contributed by atoms with Crippen LogP contribution in [0.15, 0.2) is 24.3 Å². The molecule has 1 aromatic carbocycles. The van der Waals surface area contributed by atoms with Crippen LogP contribution in [0.25, 0.3) is 0 Å². The predicted molar refractivity (Wildman–Crippen MR) is 79.9 cm³/mol. The maximum atomic E-state index is 12.2. The van der Waals surface area contributed by atoms with Crippen LogP contribution in [0.1, 0.15) is 18.4 Å². The van der Waals surface area contributed by atoms with Gasteiger partial charge in [0.1, 0.15) is 11.8 Å². The second-order valence-electron chi connectivity index (χ2n) is 5.44. The van der Waals surface area contributed by atoms with Crippen molar-refractivity contribution in [3.05, 3.63) is 29.8 Å². The molecule has 0 unspecified atom stereocenters. The summed E-state index contributed by atoms with van der Waals surface area (Å²) in [6.45, 7) is 2.00. The first-order chi connectivity index (χ1) is 10.1. The van der Waals surface area contributed by atoms with Crippen molar-refractivity contribution in [3.8, 4) is 11.8 Å². The molecule has 112 valence electrons. The number of ether oxygens (including phenoxy) is 1. The fraction of sp³-hybridized carbons (Fsp3) is 0.500. The standard InChI is InChI=1S/C16H21N3O2/c1-18-9-7-14(8-10-18)19(2)16(20)12-21-15-6-4-3-5-13(15)11-17/h3-6,14H,7-10,12H2,1-2H3. The van der Waals surface area contributed by atoms with E-state index < -0.39 is 0 Å². The molecule has 0 bridgehead atoms. The second kappa shape index (κ2) is 7.09. The van der Waals surface area contributed by atoms with Gasteiger partial charge in [-0.05, 0) is 45.1 Å². The minimum absolute atomic E-state index is 0.0263. The van der Waals surface area contributed by atoms with Crippen molar-refractivity contribution < 1.29 is 9.53 Å². The van der Waals surface area contributed by atoms with E-state index in [1.165, 1.54) is 0 Å². The van der Waals surface area contributed by atoms with Crippen molar-refractivity contribution in [2.45, 2.75) is 18.9 Å². The molecule has 2 rings (SSSR count). The zero-order valence-electron chi connectivity index (χ0n) is 12.6. The first-order valence-corrected chi connectivity index (χ1v) is 7.18. The summed E-state index contributed by atoms with van der Waals surface area (Å²) in [6.07, 6.45) is 1.99. The number of nitriles is 1. The number of benzene rings is 1. The monoisotopic (exact) mass is 287 g/mol. The van der Waals surface area contributed by atoms with Gasteiger partial charge in [0.25, 0.3) is 5.91 Å². The van der Waals surface area contributed by atoms with E-state index in [0.717, 1.165) is 25.9 Å². The number of likely N-dealkylation sites (tertiary alicyclic amines) is 1. The third-order valence-electron chi connectivity index (χ3n) is 3.99. The zero-order chi connectivity index (χ0) is 15.2. The Hall–Kier alpha value is -2.06. The molecular weight excluding hydrogens is 266 g/mol. The van der Waals surface area contributed by atoms with Gasteiger partial charge < -0.3 is 14.5 Å². The molecule has 0 N–H and O–H groups in total. The maximum absolute atomic E-state index is 12.2. The molecule has 0 aromatic heterocycles. The number of likely N-dealkylation sites (N-methyl/N-ethyl adjacent to an activating group) is 1. The normalized spacial score (nSPS) is 16.2. The Morgan fingerprint density at radius 1 is 1.43 bits per heavy atom. The summed E-state index contributed by atoms with van der Waals surface area (Å²) in [5.74, 6) is 0.419. The average molecular weight is 287 g/mol. The van der Waals surface area contributed by atoms with E-state index in [-0.39, 0.29) is 18.6 Å². The quantitative estimate of drug-likeness (QED) is 0.842. The summed E-state index contributed by atoms with van der Waals surface area (Å²) in [5, 5.41) is 8.99. The van der Waals surface area contributed by atoms with E-state index in [9.17, 15) is 4.79 Å². The largest absolute Gasteiger partial charge is 0.482 e.